The van der Waals surface area contributed by atoms with E-state index >= 15 is 0 Å². The Hall–Kier alpha value is -4.85. The van der Waals surface area contributed by atoms with Crippen molar-refractivity contribution in [3.63, 3.8) is 0 Å². The van der Waals surface area contributed by atoms with Gasteiger partial charge in [-0.15, -0.1) is 0 Å². The molecule has 8 heteroatoms. The summed E-state index contributed by atoms with van der Waals surface area (Å²) in [6, 6.07) is 18.0. The van der Waals surface area contributed by atoms with Crippen LogP contribution in [0.3, 0.4) is 0 Å². The van der Waals surface area contributed by atoms with E-state index in [1.807, 2.05) is 6.07 Å². The molecule has 0 spiro atoms. The summed E-state index contributed by atoms with van der Waals surface area (Å²) in [5.41, 5.74) is 0.227. The van der Waals surface area contributed by atoms with E-state index in [1.54, 1.807) is 53.4 Å². The molecule has 2 N–H and O–H groups in total. The molecule has 3 aromatic carbocycles. The number of piperidine rings is 1. The summed E-state index contributed by atoms with van der Waals surface area (Å²) in [7, 11) is 0. The predicted octanol–water partition coefficient (Wildman–Crippen LogP) is 5.51. The van der Waals surface area contributed by atoms with Crippen LogP contribution in [0.25, 0.3) is 33.3 Å². The maximum Gasteiger partial charge on any atom is 0.223 e. The molecule has 1 fully saturated rings. The molecule has 5 aromatic rings. The summed E-state index contributed by atoms with van der Waals surface area (Å²) in [4.78, 5) is 42.4. The van der Waals surface area contributed by atoms with Crippen LogP contribution in [0, 0.1) is 0 Å². The third kappa shape index (κ3) is 4.51. The van der Waals surface area contributed by atoms with E-state index < -0.39 is 22.8 Å². The van der Waals surface area contributed by atoms with Gasteiger partial charge in [-0.1, -0.05) is 42.5 Å². The summed E-state index contributed by atoms with van der Waals surface area (Å²) in [5, 5.41) is 22.1. The van der Waals surface area contributed by atoms with E-state index in [9.17, 15) is 24.6 Å². The lowest BCUT2D eigenvalue weighted by molar-refractivity contribution is -0.132. The van der Waals surface area contributed by atoms with Crippen molar-refractivity contribution in [2.45, 2.75) is 31.6 Å². The number of fused-ring (bicyclic) bond motifs is 2. The summed E-state index contributed by atoms with van der Waals surface area (Å²) in [6.45, 7) is 1.21. The van der Waals surface area contributed by atoms with Crippen molar-refractivity contribution in [1.82, 2.24) is 4.90 Å². The highest BCUT2D eigenvalue weighted by Crippen LogP contribution is 2.42. The second-order valence-electron chi connectivity index (χ2n) is 10.1. The van der Waals surface area contributed by atoms with Gasteiger partial charge < -0.3 is 23.9 Å². The highest BCUT2D eigenvalue weighted by molar-refractivity contribution is 5.91. The lowest BCUT2D eigenvalue weighted by Crippen LogP contribution is -2.36. The van der Waals surface area contributed by atoms with Gasteiger partial charge in [-0.25, -0.2) is 0 Å². The van der Waals surface area contributed by atoms with Gasteiger partial charge in [-0.3, -0.25) is 14.4 Å². The molecule has 40 heavy (non-hydrogen) atoms. The van der Waals surface area contributed by atoms with Crippen molar-refractivity contribution < 1.29 is 23.8 Å². The minimum absolute atomic E-state index is 0.0654. The number of rotatable bonds is 5. The molecule has 3 heterocycles. The number of aromatic hydroxyl groups is 2. The third-order valence-electron chi connectivity index (χ3n) is 7.57. The molecular formula is C32H27NO7. The number of benzene rings is 3. The Morgan fingerprint density at radius 3 is 2.40 bits per heavy atom. The Balaban J connectivity index is 1.61. The number of hydrogen-bond acceptors (Lipinski definition) is 7. The monoisotopic (exact) mass is 537 g/mol. The zero-order chi connectivity index (χ0) is 27.8. The quantitative estimate of drug-likeness (QED) is 0.303. The van der Waals surface area contributed by atoms with Crippen LogP contribution in [0.5, 0.6) is 11.5 Å². The number of nitrogens with zero attached hydrogens (tertiary/aromatic N) is 1. The van der Waals surface area contributed by atoms with Gasteiger partial charge in [0, 0.05) is 54.3 Å². The van der Waals surface area contributed by atoms with Crippen LogP contribution in [0.2, 0.25) is 0 Å². The molecule has 1 aliphatic heterocycles. The molecule has 1 aliphatic rings. The Bertz CT molecular complexity index is 1850. The van der Waals surface area contributed by atoms with Crippen LogP contribution in [0.4, 0.5) is 0 Å². The molecule has 1 saturated heterocycles. The topological polar surface area (TPSA) is 121 Å². The normalized spacial score (nSPS) is 14.4. The number of hydrogen-bond donors (Lipinski definition) is 2. The third-order valence-corrected chi connectivity index (χ3v) is 7.57. The molecule has 2 aromatic heterocycles. The molecular weight excluding hydrogens is 510 g/mol. The SMILES string of the molecule is O=C(C[C@H](c1coc2ccccc2c1=O)c1c(O)cc(O)c2c(=O)cc(-c3ccccc3)oc12)N1CCCCC1. The van der Waals surface area contributed by atoms with Crippen LogP contribution in [0.1, 0.15) is 42.7 Å². The maximum atomic E-state index is 13.8. The van der Waals surface area contributed by atoms with E-state index in [1.165, 1.54) is 12.3 Å². The van der Waals surface area contributed by atoms with Gasteiger partial charge in [-0.2, -0.15) is 0 Å². The lowest BCUT2D eigenvalue weighted by Gasteiger charge is -2.29. The predicted molar refractivity (Wildman–Crippen MR) is 151 cm³/mol. The maximum absolute atomic E-state index is 13.8. The number of carbonyl (C=O) groups is 1. The zero-order valence-corrected chi connectivity index (χ0v) is 21.6. The molecule has 202 valence electrons. The fourth-order valence-electron chi connectivity index (χ4n) is 5.55. The minimum Gasteiger partial charge on any atom is -0.507 e. The number of likely N-dealkylation sites (tertiary alicyclic amines) is 1. The van der Waals surface area contributed by atoms with E-state index in [4.69, 9.17) is 8.83 Å². The first-order valence-corrected chi connectivity index (χ1v) is 13.3. The minimum atomic E-state index is -1.02. The first kappa shape index (κ1) is 25.4. The molecule has 0 saturated carbocycles. The van der Waals surface area contributed by atoms with E-state index in [0.29, 0.717) is 29.6 Å². The Kier molecular flexibility index (Phi) is 6.59. The highest BCUT2D eigenvalue weighted by Gasteiger charge is 2.32. The number of carbonyl (C=O) groups excluding carboxylic acids is 1. The second-order valence-corrected chi connectivity index (χ2v) is 10.1. The lowest BCUT2D eigenvalue weighted by atomic mass is 9.86. The summed E-state index contributed by atoms with van der Waals surface area (Å²) < 4.78 is 12.0. The number of para-hydroxylation sites is 1. The average molecular weight is 538 g/mol. The molecule has 6 rings (SSSR count). The van der Waals surface area contributed by atoms with Crippen molar-refractivity contribution in [2.24, 2.45) is 0 Å². The average Bonchev–Trinajstić information content (AvgIpc) is 2.97. The van der Waals surface area contributed by atoms with Crippen LogP contribution >= 0.6 is 0 Å². The Morgan fingerprint density at radius 2 is 1.62 bits per heavy atom. The van der Waals surface area contributed by atoms with Crippen LogP contribution in [0.15, 0.2) is 91.4 Å². The summed E-state index contributed by atoms with van der Waals surface area (Å²) in [5.74, 6) is -1.86. The molecule has 0 radical (unpaired) electrons. The van der Waals surface area contributed by atoms with Crippen molar-refractivity contribution >= 4 is 27.8 Å². The number of phenolic OH excluding ortho intramolecular Hbond substituents is 2. The van der Waals surface area contributed by atoms with E-state index in [0.717, 1.165) is 25.3 Å². The van der Waals surface area contributed by atoms with Crippen LogP contribution in [-0.4, -0.2) is 34.1 Å². The largest absolute Gasteiger partial charge is 0.507 e. The van der Waals surface area contributed by atoms with E-state index in [-0.39, 0.29) is 45.6 Å². The Morgan fingerprint density at radius 1 is 0.900 bits per heavy atom. The van der Waals surface area contributed by atoms with Crippen molar-refractivity contribution in [3.8, 4) is 22.8 Å². The Labute approximate surface area is 228 Å². The molecule has 0 aliphatic carbocycles. The first-order valence-electron chi connectivity index (χ1n) is 13.3. The molecule has 0 bridgehead atoms. The zero-order valence-electron chi connectivity index (χ0n) is 21.6. The summed E-state index contributed by atoms with van der Waals surface area (Å²) >= 11 is 0. The molecule has 0 unspecified atom stereocenters. The van der Waals surface area contributed by atoms with Gasteiger partial charge in [0.05, 0.1) is 11.6 Å². The smallest absolute Gasteiger partial charge is 0.223 e. The fourth-order valence-corrected chi connectivity index (χ4v) is 5.55. The second kappa shape index (κ2) is 10.4. The molecule has 1 atom stereocenters. The van der Waals surface area contributed by atoms with Gasteiger partial charge in [-0.05, 0) is 31.4 Å². The van der Waals surface area contributed by atoms with Crippen molar-refractivity contribution in [3.05, 3.63) is 105 Å². The van der Waals surface area contributed by atoms with Gasteiger partial charge in [0.2, 0.25) is 5.91 Å². The standard InChI is InChI=1S/C32H27NO7/c34-23-16-24(35)30-25(36)17-27(19-9-3-1-4-10-19)40-32(30)29(23)21(15-28(37)33-13-7-2-8-14-33)22-18-39-26-12-6-5-11-20(26)31(22)38/h1,3-6,9-12,16-18,21,34-35H,2,7-8,13-15H2/t21-/m1/s1. The van der Waals surface area contributed by atoms with Crippen molar-refractivity contribution in [2.75, 3.05) is 13.1 Å². The van der Waals surface area contributed by atoms with Gasteiger partial charge in [0.15, 0.2) is 10.9 Å². The molecule has 8 nitrogen and oxygen atoms in total. The van der Waals surface area contributed by atoms with Crippen molar-refractivity contribution in [1.29, 1.82) is 0 Å². The van der Waals surface area contributed by atoms with Crippen LogP contribution < -0.4 is 10.9 Å². The fraction of sp³-hybridized carbons (Fsp3) is 0.219. The van der Waals surface area contributed by atoms with E-state index in [2.05, 4.69) is 0 Å². The van der Waals surface area contributed by atoms with Crippen LogP contribution in [-0.2, 0) is 4.79 Å². The van der Waals surface area contributed by atoms with Gasteiger partial charge >= 0.3 is 0 Å². The summed E-state index contributed by atoms with van der Waals surface area (Å²) in [6.07, 6.45) is 3.94. The first-order chi connectivity index (χ1) is 19.4. The molecule has 1 amide bonds. The highest BCUT2D eigenvalue weighted by atomic mass is 16.3. The number of phenols is 2. The van der Waals surface area contributed by atoms with Gasteiger partial charge in [0.1, 0.15) is 33.8 Å². The van der Waals surface area contributed by atoms with Gasteiger partial charge in [0.25, 0.3) is 0 Å². The number of amides is 1.